The molecule has 0 unspecified atom stereocenters. The standard InChI is InChI=1S/C19H19N3O3/c23-11-10-22-18(24)13-17(19(22)25)21-16-3-1-2-15(12-16)5-4-14-6-8-20-9-7-14/h1-3,6-9,12-13,21,23H,4-5,10-11H2. The molecule has 2 amide bonds. The molecule has 2 aromatic rings. The molecule has 0 aliphatic carbocycles. The highest BCUT2D eigenvalue weighted by atomic mass is 16.3. The van der Waals surface area contributed by atoms with E-state index >= 15 is 0 Å². The lowest BCUT2D eigenvalue weighted by atomic mass is 10.0. The fraction of sp³-hybridized carbons (Fsp3) is 0.211. The fourth-order valence-electron chi connectivity index (χ4n) is 2.71. The Balaban J connectivity index is 1.65. The van der Waals surface area contributed by atoms with Crippen molar-refractivity contribution in [2.45, 2.75) is 12.8 Å². The molecular weight excluding hydrogens is 318 g/mol. The largest absolute Gasteiger partial charge is 0.395 e. The minimum atomic E-state index is -0.416. The van der Waals surface area contributed by atoms with Crippen LogP contribution in [0.5, 0.6) is 0 Å². The molecule has 6 heteroatoms. The molecule has 0 saturated carbocycles. The average molecular weight is 337 g/mol. The van der Waals surface area contributed by atoms with Crippen LogP contribution in [0, 0.1) is 0 Å². The molecule has 1 aromatic heterocycles. The lowest BCUT2D eigenvalue weighted by molar-refractivity contribution is -0.137. The van der Waals surface area contributed by atoms with Gasteiger partial charge in [0.2, 0.25) is 0 Å². The van der Waals surface area contributed by atoms with Crippen molar-refractivity contribution in [2.75, 3.05) is 18.5 Å². The Morgan fingerprint density at radius 1 is 1.04 bits per heavy atom. The van der Waals surface area contributed by atoms with E-state index in [9.17, 15) is 9.59 Å². The Morgan fingerprint density at radius 2 is 1.80 bits per heavy atom. The monoisotopic (exact) mass is 337 g/mol. The van der Waals surface area contributed by atoms with Gasteiger partial charge in [0.15, 0.2) is 0 Å². The highest BCUT2D eigenvalue weighted by molar-refractivity contribution is 6.17. The van der Waals surface area contributed by atoms with Crippen LogP contribution in [-0.2, 0) is 22.4 Å². The maximum absolute atomic E-state index is 12.2. The van der Waals surface area contributed by atoms with Gasteiger partial charge < -0.3 is 10.4 Å². The number of pyridine rings is 1. The van der Waals surface area contributed by atoms with Gasteiger partial charge in [-0.05, 0) is 48.2 Å². The smallest absolute Gasteiger partial charge is 0.277 e. The van der Waals surface area contributed by atoms with Crippen molar-refractivity contribution in [1.29, 1.82) is 0 Å². The maximum atomic E-state index is 12.2. The summed E-state index contributed by atoms with van der Waals surface area (Å²) in [5, 5.41) is 11.9. The minimum Gasteiger partial charge on any atom is -0.395 e. The molecule has 6 nitrogen and oxygen atoms in total. The zero-order valence-electron chi connectivity index (χ0n) is 13.7. The zero-order chi connectivity index (χ0) is 17.6. The van der Waals surface area contributed by atoms with Gasteiger partial charge in [0.05, 0.1) is 13.2 Å². The molecule has 1 aliphatic rings. The second kappa shape index (κ2) is 7.72. The Kier molecular flexibility index (Phi) is 5.20. The first-order chi connectivity index (χ1) is 12.2. The number of amides is 2. The second-order valence-electron chi connectivity index (χ2n) is 5.76. The molecule has 0 spiro atoms. The number of aryl methyl sites for hydroxylation is 2. The van der Waals surface area contributed by atoms with Gasteiger partial charge in [-0.15, -0.1) is 0 Å². The molecule has 0 fully saturated rings. The van der Waals surface area contributed by atoms with Crippen molar-refractivity contribution in [3.05, 3.63) is 71.7 Å². The van der Waals surface area contributed by atoms with E-state index in [2.05, 4.69) is 10.3 Å². The molecule has 0 atom stereocenters. The van der Waals surface area contributed by atoms with E-state index in [0.29, 0.717) is 0 Å². The third-order valence-electron chi connectivity index (χ3n) is 3.99. The van der Waals surface area contributed by atoms with Crippen molar-refractivity contribution in [2.24, 2.45) is 0 Å². The zero-order valence-corrected chi connectivity index (χ0v) is 13.7. The van der Waals surface area contributed by atoms with Gasteiger partial charge in [0, 0.05) is 24.2 Å². The van der Waals surface area contributed by atoms with Gasteiger partial charge in [-0.1, -0.05) is 12.1 Å². The predicted octanol–water partition coefficient (Wildman–Crippen LogP) is 1.52. The lowest BCUT2D eigenvalue weighted by Gasteiger charge is -2.13. The molecule has 0 bridgehead atoms. The quantitative estimate of drug-likeness (QED) is 0.749. The Hall–Kier alpha value is -2.99. The number of aliphatic hydroxyl groups excluding tert-OH is 1. The van der Waals surface area contributed by atoms with Crippen LogP contribution in [0.2, 0.25) is 0 Å². The van der Waals surface area contributed by atoms with Crippen molar-refractivity contribution < 1.29 is 14.7 Å². The number of β-amino-alcohol motifs (C(OH)–C–C–N with tert-alkyl or cyclic N) is 1. The van der Waals surface area contributed by atoms with Crippen LogP contribution in [0.1, 0.15) is 11.1 Å². The fourth-order valence-corrected chi connectivity index (χ4v) is 2.71. The van der Waals surface area contributed by atoms with Gasteiger partial charge in [-0.25, -0.2) is 0 Å². The van der Waals surface area contributed by atoms with Gasteiger partial charge in [0.25, 0.3) is 11.8 Å². The van der Waals surface area contributed by atoms with E-state index < -0.39 is 11.8 Å². The number of aromatic nitrogens is 1. The third-order valence-corrected chi connectivity index (χ3v) is 3.99. The molecule has 3 rings (SSSR count). The number of aliphatic hydroxyl groups is 1. The van der Waals surface area contributed by atoms with E-state index in [1.807, 2.05) is 36.4 Å². The van der Waals surface area contributed by atoms with E-state index in [1.165, 1.54) is 11.6 Å². The van der Waals surface area contributed by atoms with Crippen LogP contribution in [0.3, 0.4) is 0 Å². The SMILES string of the molecule is O=C1C=C(Nc2cccc(CCc3ccncc3)c2)C(=O)N1CCO. The molecule has 25 heavy (non-hydrogen) atoms. The van der Waals surface area contributed by atoms with Crippen molar-refractivity contribution in [3.8, 4) is 0 Å². The number of nitrogens with zero attached hydrogens (tertiary/aromatic N) is 2. The molecule has 128 valence electrons. The molecule has 0 saturated heterocycles. The Bertz CT molecular complexity index is 803. The van der Waals surface area contributed by atoms with Crippen LogP contribution in [0.15, 0.2) is 60.6 Å². The molecular formula is C19H19N3O3. The number of hydrogen-bond acceptors (Lipinski definition) is 5. The van der Waals surface area contributed by atoms with Gasteiger partial charge in [-0.3, -0.25) is 19.5 Å². The van der Waals surface area contributed by atoms with Crippen LogP contribution in [0.25, 0.3) is 0 Å². The van der Waals surface area contributed by atoms with Crippen LogP contribution in [-0.4, -0.2) is 40.0 Å². The molecule has 2 N–H and O–H groups in total. The second-order valence-corrected chi connectivity index (χ2v) is 5.76. The van der Waals surface area contributed by atoms with Gasteiger partial charge >= 0.3 is 0 Å². The number of carbonyl (C=O) groups excluding carboxylic acids is 2. The summed E-state index contributed by atoms with van der Waals surface area (Å²) in [7, 11) is 0. The molecule has 0 radical (unpaired) electrons. The number of carbonyl (C=O) groups is 2. The number of imide groups is 1. The summed E-state index contributed by atoms with van der Waals surface area (Å²) in [6, 6.07) is 11.7. The van der Waals surface area contributed by atoms with Crippen molar-refractivity contribution in [1.82, 2.24) is 9.88 Å². The van der Waals surface area contributed by atoms with Crippen LogP contribution in [0.4, 0.5) is 5.69 Å². The molecule has 1 aromatic carbocycles. The minimum absolute atomic E-state index is 0.00528. The molecule has 2 heterocycles. The van der Waals surface area contributed by atoms with Crippen molar-refractivity contribution in [3.63, 3.8) is 0 Å². The number of benzene rings is 1. The summed E-state index contributed by atoms with van der Waals surface area (Å²) in [6.45, 7) is -0.242. The van der Waals surface area contributed by atoms with E-state index in [-0.39, 0.29) is 18.8 Å². The summed E-state index contributed by atoms with van der Waals surface area (Å²) in [6.07, 6.45) is 6.58. The van der Waals surface area contributed by atoms with E-state index in [0.717, 1.165) is 29.0 Å². The third kappa shape index (κ3) is 4.10. The normalized spacial score (nSPS) is 14.0. The van der Waals surface area contributed by atoms with E-state index in [4.69, 9.17) is 5.11 Å². The summed E-state index contributed by atoms with van der Waals surface area (Å²) >= 11 is 0. The lowest BCUT2D eigenvalue weighted by Crippen LogP contribution is -2.34. The Morgan fingerprint density at radius 3 is 2.56 bits per heavy atom. The van der Waals surface area contributed by atoms with Gasteiger partial charge in [-0.2, -0.15) is 0 Å². The average Bonchev–Trinajstić information content (AvgIpc) is 2.89. The summed E-state index contributed by atoms with van der Waals surface area (Å²) < 4.78 is 0. The number of nitrogens with one attached hydrogen (secondary N) is 1. The first-order valence-electron chi connectivity index (χ1n) is 8.10. The molecule has 1 aliphatic heterocycles. The van der Waals surface area contributed by atoms with Crippen LogP contribution >= 0.6 is 0 Å². The first kappa shape index (κ1) is 16.9. The van der Waals surface area contributed by atoms with Gasteiger partial charge in [0.1, 0.15) is 5.70 Å². The van der Waals surface area contributed by atoms with Crippen LogP contribution < -0.4 is 5.32 Å². The van der Waals surface area contributed by atoms with E-state index in [1.54, 1.807) is 12.4 Å². The number of hydrogen-bond donors (Lipinski definition) is 2. The Labute approximate surface area is 145 Å². The number of rotatable bonds is 7. The summed E-state index contributed by atoms with van der Waals surface area (Å²) in [5.41, 5.74) is 3.33. The van der Waals surface area contributed by atoms with Crippen molar-refractivity contribution >= 4 is 17.5 Å². The highest BCUT2D eigenvalue weighted by Gasteiger charge is 2.30. The highest BCUT2D eigenvalue weighted by Crippen LogP contribution is 2.19. The predicted molar refractivity (Wildman–Crippen MR) is 93.6 cm³/mol. The first-order valence-corrected chi connectivity index (χ1v) is 8.10. The summed E-state index contributed by atoms with van der Waals surface area (Å²) in [4.78, 5) is 29.0. The topological polar surface area (TPSA) is 82.5 Å². The maximum Gasteiger partial charge on any atom is 0.277 e. The number of anilines is 1. The summed E-state index contributed by atoms with van der Waals surface area (Å²) in [5.74, 6) is -0.823.